The van der Waals surface area contributed by atoms with Crippen LogP contribution in [0.2, 0.25) is 0 Å². The first kappa shape index (κ1) is 16.0. The number of halogens is 2. The van der Waals surface area contributed by atoms with Crippen LogP contribution in [-0.2, 0) is 4.79 Å². The summed E-state index contributed by atoms with van der Waals surface area (Å²) < 4.78 is 21.0. The molecule has 0 aromatic carbocycles. The van der Waals surface area contributed by atoms with Crippen molar-refractivity contribution in [2.24, 2.45) is 0 Å². The van der Waals surface area contributed by atoms with Gasteiger partial charge in [0.2, 0.25) is 0 Å². The van der Waals surface area contributed by atoms with Crippen LogP contribution < -0.4 is 56.5 Å². The van der Waals surface area contributed by atoms with E-state index >= 15 is 0 Å². The molecule has 0 radical (unpaired) electrons. The Kier molecular flexibility index (Phi) is 15.8. The second kappa shape index (κ2) is 7.93. The van der Waals surface area contributed by atoms with Crippen LogP contribution in [0.1, 0.15) is 0 Å². The fourth-order valence-electron chi connectivity index (χ4n) is 0. The zero-order valence-corrected chi connectivity index (χ0v) is 7.27. The molecule has 0 saturated heterocycles. The average molecular weight is 152 g/mol. The number of carbonyl (C=O) groups excluding carboxylic acids is 1. The van der Waals surface area contributed by atoms with Gasteiger partial charge in [0.15, 0.2) is 0 Å². The first-order valence-electron chi connectivity index (χ1n) is 1.13. The summed E-state index contributed by atoms with van der Waals surface area (Å²) in [6.45, 7) is 0. The van der Waals surface area contributed by atoms with Crippen LogP contribution in [0.5, 0.6) is 0 Å². The van der Waals surface area contributed by atoms with E-state index in [-0.39, 0.29) is 56.9 Å². The van der Waals surface area contributed by atoms with Crippen LogP contribution in [0.4, 0.5) is 8.78 Å². The molecule has 0 spiro atoms. The second-order valence-corrected chi connectivity index (χ2v) is 0.620. The number of hydrogen-bond acceptors (Lipinski definition) is 2. The van der Waals surface area contributed by atoms with Crippen LogP contribution in [-0.4, -0.2) is 17.9 Å². The van der Waals surface area contributed by atoms with Crippen LogP contribution in [0.3, 0.4) is 0 Å². The molecule has 44 valence electrons. The molecule has 0 aliphatic heterocycles. The molecule has 0 bridgehead atoms. The van der Waals surface area contributed by atoms with Crippen molar-refractivity contribution >= 4 is 5.97 Å². The smallest absolute Gasteiger partial charge is 0.544 e. The summed E-state index contributed by atoms with van der Waals surface area (Å²) in [6, 6.07) is 0. The zero-order chi connectivity index (χ0) is 5.15. The molecule has 0 rings (SSSR count). The summed E-state index contributed by atoms with van der Waals surface area (Å²) >= 11 is 0. The van der Waals surface area contributed by atoms with Crippen LogP contribution >= 0.6 is 0 Å². The summed E-state index contributed by atoms with van der Waals surface area (Å²) in [5.74, 6) is -2.32. The maximum absolute atomic E-state index is 10.5. The van der Waals surface area contributed by atoms with Gasteiger partial charge in [-0.2, -0.15) is 0 Å². The van der Waals surface area contributed by atoms with Gasteiger partial charge in [0.25, 0.3) is 6.43 Å². The van der Waals surface area contributed by atoms with E-state index < -0.39 is 12.4 Å². The van der Waals surface area contributed by atoms with Gasteiger partial charge in [-0.25, -0.2) is 8.78 Å². The van der Waals surface area contributed by atoms with E-state index in [2.05, 4.69) is 0 Å². The Bertz CT molecular complexity index is 66.3. The van der Waals surface area contributed by atoms with E-state index in [9.17, 15) is 8.78 Å². The Morgan fingerprint density at radius 3 is 1.62 bits per heavy atom. The molecule has 0 heterocycles. The van der Waals surface area contributed by atoms with E-state index in [1.54, 1.807) is 0 Å². The molecule has 0 atom stereocenters. The Morgan fingerprint density at radius 2 is 1.62 bits per heavy atom. The molecule has 0 aromatic heterocycles. The number of carboxylic acids is 1. The van der Waals surface area contributed by atoms with Crippen molar-refractivity contribution in [2.45, 2.75) is 6.43 Å². The molecular weight excluding hydrogens is 149 g/mol. The van der Waals surface area contributed by atoms with Crippen LogP contribution in [0, 0.1) is 0 Å². The summed E-state index contributed by atoms with van der Waals surface area (Å²) in [5, 5.41) is 8.84. The summed E-state index contributed by atoms with van der Waals surface area (Å²) in [5.41, 5.74) is 0. The fraction of sp³-hybridized carbons (Fsp3) is 0.500. The number of carboxylic acid groups (broad SMARTS) is 1. The normalized spacial score (nSPS) is 6.88. The molecule has 0 amide bonds. The quantitative estimate of drug-likeness (QED) is 0.354. The van der Waals surface area contributed by atoms with Crippen molar-refractivity contribution in [3.63, 3.8) is 0 Å². The standard InChI is InChI=1S/C2H2F2O2.K.H2O/c3-1(4)2(5)6;;/h1H,(H,5,6);;1H2/q;+1;/p-1. The van der Waals surface area contributed by atoms with Crippen molar-refractivity contribution in [1.82, 2.24) is 0 Å². The van der Waals surface area contributed by atoms with E-state index in [1.165, 1.54) is 0 Å². The predicted molar refractivity (Wildman–Crippen MR) is 14.6 cm³/mol. The number of aliphatic carboxylic acids is 1. The fourth-order valence-corrected chi connectivity index (χ4v) is 0. The van der Waals surface area contributed by atoms with Gasteiger partial charge in [0.05, 0.1) is 0 Å². The molecule has 0 aliphatic rings. The minimum absolute atomic E-state index is 0. The molecule has 0 aromatic rings. The van der Waals surface area contributed by atoms with E-state index in [0.717, 1.165) is 0 Å². The van der Waals surface area contributed by atoms with Gasteiger partial charge in [0.1, 0.15) is 5.97 Å². The number of alkyl halides is 2. The Morgan fingerprint density at radius 1 is 1.50 bits per heavy atom. The molecule has 3 nitrogen and oxygen atoms in total. The van der Waals surface area contributed by atoms with Gasteiger partial charge in [-0.15, -0.1) is 0 Å². The Labute approximate surface area is 86.8 Å². The third-order valence-electron chi connectivity index (χ3n) is 0.178. The molecule has 2 N–H and O–H groups in total. The Balaban J connectivity index is -0.000000125. The molecule has 0 saturated carbocycles. The maximum Gasteiger partial charge on any atom is 1.00 e. The van der Waals surface area contributed by atoms with Gasteiger partial charge >= 0.3 is 51.4 Å². The average Bonchev–Trinajstić information content (AvgIpc) is 1.36. The van der Waals surface area contributed by atoms with Gasteiger partial charge in [-0.05, 0) is 0 Å². The van der Waals surface area contributed by atoms with E-state index in [0.29, 0.717) is 0 Å². The van der Waals surface area contributed by atoms with Gasteiger partial charge in [-0.3, -0.25) is 0 Å². The minimum atomic E-state index is -3.34. The molecule has 0 fully saturated rings. The second-order valence-electron chi connectivity index (χ2n) is 0.620. The molecule has 8 heavy (non-hydrogen) atoms. The largest absolute Gasteiger partial charge is 1.00 e. The summed E-state index contributed by atoms with van der Waals surface area (Å²) in [7, 11) is 0. The van der Waals surface area contributed by atoms with Gasteiger partial charge < -0.3 is 15.4 Å². The van der Waals surface area contributed by atoms with Crippen molar-refractivity contribution in [3.05, 3.63) is 0 Å². The molecular formula is C2H3F2KO3. The van der Waals surface area contributed by atoms with Crippen LogP contribution in [0.15, 0.2) is 0 Å². The Hall–Kier alpha value is 0.926. The van der Waals surface area contributed by atoms with Crippen molar-refractivity contribution < 1.29 is 75.5 Å². The zero-order valence-electron chi connectivity index (χ0n) is 4.15. The predicted octanol–water partition coefficient (Wildman–Crippen LogP) is -4.82. The number of rotatable bonds is 1. The van der Waals surface area contributed by atoms with Crippen molar-refractivity contribution in [2.75, 3.05) is 0 Å². The summed E-state index contributed by atoms with van der Waals surface area (Å²) in [6.07, 6.45) is -3.34. The first-order valence-corrected chi connectivity index (χ1v) is 1.13. The van der Waals surface area contributed by atoms with E-state index in [4.69, 9.17) is 9.90 Å². The van der Waals surface area contributed by atoms with Gasteiger partial charge in [0, 0.05) is 0 Å². The first-order chi connectivity index (χ1) is 2.64. The SMILES string of the molecule is O.O=C([O-])C(F)F.[K+]. The third kappa shape index (κ3) is 10.0. The monoisotopic (exact) mass is 152 g/mol. The third-order valence-corrected chi connectivity index (χ3v) is 0.178. The van der Waals surface area contributed by atoms with Crippen molar-refractivity contribution in [1.29, 1.82) is 0 Å². The topological polar surface area (TPSA) is 71.6 Å². The number of carbonyl (C=O) groups is 1. The molecule has 0 aliphatic carbocycles. The van der Waals surface area contributed by atoms with Gasteiger partial charge in [-0.1, -0.05) is 0 Å². The van der Waals surface area contributed by atoms with Crippen LogP contribution in [0.25, 0.3) is 0 Å². The molecule has 0 unspecified atom stereocenters. The number of hydrogen-bond donors (Lipinski definition) is 0. The summed E-state index contributed by atoms with van der Waals surface area (Å²) in [4.78, 5) is 8.84. The minimum Gasteiger partial charge on any atom is -0.544 e. The van der Waals surface area contributed by atoms with Crippen molar-refractivity contribution in [3.8, 4) is 0 Å². The molecule has 6 heteroatoms. The maximum atomic E-state index is 10.5. The van der Waals surface area contributed by atoms with E-state index in [1.807, 2.05) is 0 Å².